The van der Waals surface area contributed by atoms with Crippen molar-refractivity contribution >= 4 is 27.5 Å². The maximum Gasteiger partial charge on any atom is 0.238 e. The summed E-state index contributed by atoms with van der Waals surface area (Å²) < 4.78 is 1.01. The minimum absolute atomic E-state index is 0.0374. The number of amides is 1. The maximum absolute atomic E-state index is 12.0. The molecule has 1 aliphatic rings. The summed E-state index contributed by atoms with van der Waals surface area (Å²) in [6.45, 7) is 2.50. The zero-order valence-electron chi connectivity index (χ0n) is 11.2. The monoisotopic (exact) mass is 325 g/mol. The third kappa shape index (κ3) is 4.60. The van der Waals surface area contributed by atoms with E-state index >= 15 is 0 Å². The average molecular weight is 326 g/mol. The van der Waals surface area contributed by atoms with Crippen molar-refractivity contribution in [3.05, 3.63) is 28.7 Å². The van der Waals surface area contributed by atoms with Gasteiger partial charge in [0, 0.05) is 22.7 Å². The summed E-state index contributed by atoms with van der Waals surface area (Å²) in [5, 5.41) is 6.28. The van der Waals surface area contributed by atoms with Crippen molar-refractivity contribution in [3.8, 4) is 0 Å². The molecule has 4 nitrogen and oxygen atoms in total. The zero-order valence-corrected chi connectivity index (χ0v) is 12.7. The molecule has 0 aromatic heterocycles. The molecular formula is C14H20BrN3O. The standard InChI is InChI=1S/C14H20BrN3O/c1-18(13-3-2-8-16-9-13)10-14(19)17-12-6-4-11(15)5-7-12/h4-7,13,16H,2-3,8-10H2,1H3,(H,17,19). The van der Waals surface area contributed by atoms with Gasteiger partial charge in [0.25, 0.3) is 0 Å². The van der Waals surface area contributed by atoms with Gasteiger partial charge in [-0.3, -0.25) is 9.69 Å². The van der Waals surface area contributed by atoms with Gasteiger partial charge >= 0.3 is 0 Å². The Balaban J connectivity index is 1.81. The van der Waals surface area contributed by atoms with Crippen molar-refractivity contribution in [1.29, 1.82) is 0 Å². The van der Waals surface area contributed by atoms with Crippen LogP contribution in [0.3, 0.4) is 0 Å². The summed E-state index contributed by atoms with van der Waals surface area (Å²) in [6, 6.07) is 8.09. The number of anilines is 1. The van der Waals surface area contributed by atoms with E-state index in [-0.39, 0.29) is 5.91 Å². The molecule has 1 atom stereocenters. The zero-order chi connectivity index (χ0) is 13.7. The Morgan fingerprint density at radius 3 is 2.84 bits per heavy atom. The first kappa shape index (κ1) is 14.5. The first-order chi connectivity index (χ1) is 9.15. The molecule has 1 aliphatic heterocycles. The predicted octanol–water partition coefficient (Wildman–Crippen LogP) is 2.07. The molecule has 1 aromatic carbocycles. The molecule has 0 aliphatic carbocycles. The van der Waals surface area contributed by atoms with Gasteiger partial charge in [-0.05, 0) is 50.7 Å². The average Bonchev–Trinajstić information content (AvgIpc) is 2.42. The number of rotatable bonds is 4. The minimum atomic E-state index is 0.0374. The third-order valence-electron chi connectivity index (χ3n) is 3.42. The van der Waals surface area contributed by atoms with Gasteiger partial charge in [-0.25, -0.2) is 0 Å². The molecule has 1 amide bonds. The summed E-state index contributed by atoms with van der Waals surface area (Å²) >= 11 is 3.38. The Bertz CT molecular complexity index is 415. The number of benzene rings is 1. The lowest BCUT2D eigenvalue weighted by Gasteiger charge is -2.31. The third-order valence-corrected chi connectivity index (χ3v) is 3.94. The molecule has 5 heteroatoms. The highest BCUT2D eigenvalue weighted by Gasteiger charge is 2.19. The molecule has 0 radical (unpaired) electrons. The minimum Gasteiger partial charge on any atom is -0.325 e. The SMILES string of the molecule is CN(CC(=O)Nc1ccc(Br)cc1)C1CCCNC1. The number of hydrogen-bond acceptors (Lipinski definition) is 3. The van der Waals surface area contributed by atoms with E-state index < -0.39 is 0 Å². The van der Waals surface area contributed by atoms with Crippen molar-refractivity contribution < 1.29 is 4.79 Å². The first-order valence-electron chi connectivity index (χ1n) is 6.61. The van der Waals surface area contributed by atoms with E-state index in [0.29, 0.717) is 12.6 Å². The second-order valence-corrected chi connectivity index (χ2v) is 5.89. The van der Waals surface area contributed by atoms with Crippen molar-refractivity contribution in [2.45, 2.75) is 18.9 Å². The predicted molar refractivity (Wildman–Crippen MR) is 81.3 cm³/mol. The van der Waals surface area contributed by atoms with Crippen molar-refractivity contribution in [1.82, 2.24) is 10.2 Å². The molecule has 1 unspecified atom stereocenters. The first-order valence-corrected chi connectivity index (χ1v) is 7.41. The highest BCUT2D eigenvalue weighted by atomic mass is 79.9. The van der Waals surface area contributed by atoms with E-state index in [1.165, 1.54) is 6.42 Å². The Kier molecular flexibility index (Phi) is 5.36. The molecule has 2 rings (SSSR count). The van der Waals surface area contributed by atoms with Crippen molar-refractivity contribution in [3.63, 3.8) is 0 Å². The van der Waals surface area contributed by atoms with Gasteiger partial charge < -0.3 is 10.6 Å². The van der Waals surface area contributed by atoms with Gasteiger partial charge in [-0.15, -0.1) is 0 Å². The number of halogens is 1. The molecule has 19 heavy (non-hydrogen) atoms. The number of nitrogens with zero attached hydrogens (tertiary/aromatic N) is 1. The molecule has 1 saturated heterocycles. The molecule has 1 aromatic rings. The Hall–Kier alpha value is -0.910. The maximum atomic E-state index is 12.0. The smallest absolute Gasteiger partial charge is 0.238 e. The number of piperidine rings is 1. The molecule has 104 valence electrons. The van der Waals surface area contributed by atoms with Crippen LogP contribution in [0.15, 0.2) is 28.7 Å². The number of nitrogens with one attached hydrogen (secondary N) is 2. The Morgan fingerprint density at radius 1 is 1.47 bits per heavy atom. The lowest BCUT2D eigenvalue weighted by Crippen LogP contribution is -2.46. The summed E-state index contributed by atoms with van der Waals surface area (Å²) in [7, 11) is 2.01. The summed E-state index contributed by atoms with van der Waals surface area (Å²) in [5.41, 5.74) is 0.836. The Morgan fingerprint density at radius 2 is 2.21 bits per heavy atom. The number of carbonyl (C=O) groups excluding carboxylic acids is 1. The fourth-order valence-corrected chi connectivity index (χ4v) is 2.56. The largest absolute Gasteiger partial charge is 0.325 e. The lowest BCUT2D eigenvalue weighted by atomic mass is 10.1. The van der Waals surface area contributed by atoms with Crippen LogP contribution in [0.5, 0.6) is 0 Å². The molecule has 0 saturated carbocycles. The summed E-state index contributed by atoms with van der Waals surface area (Å²) in [5.74, 6) is 0.0374. The van der Waals surface area contributed by atoms with Crippen molar-refractivity contribution in [2.75, 3.05) is 32.0 Å². The molecular weight excluding hydrogens is 306 g/mol. The molecule has 1 fully saturated rings. The second-order valence-electron chi connectivity index (χ2n) is 4.97. The van der Waals surface area contributed by atoms with E-state index in [1.54, 1.807) is 0 Å². The fourth-order valence-electron chi connectivity index (χ4n) is 2.30. The summed E-state index contributed by atoms with van der Waals surface area (Å²) in [6.07, 6.45) is 2.35. The molecule has 0 spiro atoms. The van der Waals surface area contributed by atoms with Crippen LogP contribution in [0, 0.1) is 0 Å². The molecule has 0 bridgehead atoms. The van der Waals surface area contributed by atoms with Gasteiger partial charge in [0.2, 0.25) is 5.91 Å². The van der Waals surface area contributed by atoms with Gasteiger partial charge in [-0.1, -0.05) is 15.9 Å². The van der Waals surface area contributed by atoms with E-state index in [2.05, 4.69) is 31.5 Å². The van der Waals surface area contributed by atoms with Crippen LogP contribution in [-0.4, -0.2) is 43.5 Å². The van der Waals surface area contributed by atoms with Crippen LogP contribution >= 0.6 is 15.9 Å². The molecule has 1 heterocycles. The fraction of sp³-hybridized carbons (Fsp3) is 0.500. The molecule has 2 N–H and O–H groups in total. The second kappa shape index (κ2) is 7.03. The van der Waals surface area contributed by atoms with Crippen LogP contribution in [0.25, 0.3) is 0 Å². The lowest BCUT2D eigenvalue weighted by molar-refractivity contribution is -0.117. The number of likely N-dealkylation sites (N-methyl/N-ethyl adjacent to an activating group) is 1. The van der Waals surface area contributed by atoms with Crippen LogP contribution in [0.4, 0.5) is 5.69 Å². The van der Waals surface area contributed by atoms with Gasteiger partial charge in [0.15, 0.2) is 0 Å². The van der Waals surface area contributed by atoms with E-state index in [9.17, 15) is 4.79 Å². The van der Waals surface area contributed by atoms with E-state index in [1.807, 2.05) is 31.3 Å². The van der Waals surface area contributed by atoms with Gasteiger partial charge in [-0.2, -0.15) is 0 Å². The number of carbonyl (C=O) groups is 1. The highest BCUT2D eigenvalue weighted by Crippen LogP contribution is 2.14. The van der Waals surface area contributed by atoms with Crippen LogP contribution in [0.2, 0.25) is 0 Å². The Labute approximate surface area is 122 Å². The van der Waals surface area contributed by atoms with E-state index in [4.69, 9.17) is 0 Å². The topological polar surface area (TPSA) is 44.4 Å². The van der Waals surface area contributed by atoms with Crippen LogP contribution in [-0.2, 0) is 4.79 Å². The quantitative estimate of drug-likeness (QED) is 0.890. The van der Waals surface area contributed by atoms with Gasteiger partial charge in [0.05, 0.1) is 6.54 Å². The van der Waals surface area contributed by atoms with Crippen LogP contribution < -0.4 is 10.6 Å². The number of hydrogen-bond donors (Lipinski definition) is 2. The van der Waals surface area contributed by atoms with Gasteiger partial charge in [0.1, 0.15) is 0 Å². The summed E-state index contributed by atoms with van der Waals surface area (Å²) in [4.78, 5) is 14.1. The normalized spacial score (nSPS) is 19.4. The van der Waals surface area contributed by atoms with E-state index in [0.717, 1.165) is 29.7 Å². The van der Waals surface area contributed by atoms with Crippen molar-refractivity contribution in [2.24, 2.45) is 0 Å². The van der Waals surface area contributed by atoms with Crippen LogP contribution in [0.1, 0.15) is 12.8 Å². The highest BCUT2D eigenvalue weighted by molar-refractivity contribution is 9.10.